The summed E-state index contributed by atoms with van der Waals surface area (Å²) in [4.78, 5) is 6.62. The van der Waals surface area contributed by atoms with Gasteiger partial charge in [-0.3, -0.25) is 4.99 Å². The molecular formula is C17H27FIN3O. The van der Waals surface area contributed by atoms with Crippen molar-refractivity contribution in [1.29, 1.82) is 0 Å². The average molecular weight is 435 g/mol. The molecule has 0 saturated heterocycles. The molecule has 23 heavy (non-hydrogen) atoms. The highest BCUT2D eigenvalue weighted by Gasteiger charge is 2.20. The quantitative estimate of drug-likeness (QED) is 0.295. The van der Waals surface area contributed by atoms with Gasteiger partial charge in [-0.1, -0.05) is 12.1 Å². The number of nitrogens with one attached hydrogen (secondary N) is 1. The second-order valence-corrected chi connectivity index (χ2v) is 5.74. The Kier molecular flexibility index (Phi) is 9.47. The van der Waals surface area contributed by atoms with E-state index in [-0.39, 0.29) is 29.8 Å². The number of hydrogen-bond acceptors (Lipinski definition) is 2. The fourth-order valence-corrected chi connectivity index (χ4v) is 2.16. The summed E-state index contributed by atoms with van der Waals surface area (Å²) in [7, 11) is 1.98. The third-order valence-corrected chi connectivity index (χ3v) is 3.58. The summed E-state index contributed by atoms with van der Waals surface area (Å²) in [5.74, 6) is 1.43. The van der Waals surface area contributed by atoms with Gasteiger partial charge in [-0.05, 0) is 43.4 Å². The molecule has 4 nitrogen and oxygen atoms in total. The molecule has 6 heteroatoms. The van der Waals surface area contributed by atoms with Crippen LogP contribution in [-0.2, 0) is 11.3 Å². The Morgan fingerprint density at radius 2 is 2.04 bits per heavy atom. The highest BCUT2D eigenvalue weighted by molar-refractivity contribution is 14.0. The van der Waals surface area contributed by atoms with Crippen LogP contribution in [0.25, 0.3) is 0 Å². The molecule has 0 aromatic heterocycles. The molecule has 0 radical (unpaired) electrons. The van der Waals surface area contributed by atoms with Crippen LogP contribution >= 0.6 is 24.0 Å². The lowest BCUT2D eigenvalue weighted by atomic mass is 10.2. The van der Waals surface area contributed by atoms with E-state index in [4.69, 9.17) is 4.74 Å². The summed E-state index contributed by atoms with van der Waals surface area (Å²) in [5, 5.41) is 3.27. The van der Waals surface area contributed by atoms with Crippen molar-refractivity contribution in [3.05, 3.63) is 35.6 Å². The molecule has 0 bridgehead atoms. The van der Waals surface area contributed by atoms with Crippen LogP contribution in [0.15, 0.2) is 29.3 Å². The highest BCUT2D eigenvalue weighted by atomic mass is 127. The van der Waals surface area contributed by atoms with Gasteiger partial charge in [-0.2, -0.15) is 0 Å². The van der Waals surface area contributed by atoms with Crippen molar-refractivity contribution in [2.75, 3.05) is 33.4 Å². The topological polar surface area (TPSA) is 36.9 Å². The van der Waals surface area contributed by atoms with Crippen LogP contribution in [0.5, 0.6) is 0 Å². The highest BCUT2D eigenvalue weighted by Crippen LogP contribution is 2.28. The van der Waals surface area contributed by atoms with E-state index in [1.54, 1.807) is 12.1 Å². The zero-order valence-corrected chi connectivity index (χ0v) is 16.3. The smallest absolute Gasteiger partial charge is 0.194 e. The largest absolute Gasteiger partial charge is 0.379 e. The van der Waals surface area contributed by atoms with Gasteiger partial charge in [0.05, 0.1) is 13.2 Å². The first-order valence-electron chi connectivity index (χ1n) is 8.00. The van der Waals surface area contributed by atoms with Gasteiger partial charge < -0.3 is 15.0 Å². The average Bonchev–Trinajstić information content (AvgIpc) is 3.32. The number of ether oxygens (including phenoxy) is 1. The van der Waals surface area contributed by atoms with Crippen LogP contribution in [0.4, 0.5) is 4.39 Å². The molecule has 0 heterocycles. The summed E-state index contributed by atoms with van der Waals surface area (Å²) in [6.07, 6.45) is 2.62. The Morgan fingerprint density at radius 1 is 1.35 bits per heavy atom. The maximum atomic E-state index is 12.9. The number of benzene rings is 1. The van der Waals surface area contributed by atoms with Gasteiger partial charge in [0.15, 0.2) is 5.96 Å². The standard InChI is InChI=1S/C17H26FN3O.HI/c1-3-19-17(20-10-11-22-13-15-4-5-15)21(2)12-14-6-8-16(18)9-7-14;/h6-9,15H,3-5,10-13H2,1-2H3,(H,19,20);1H. The van der Waals surface area contributed by atoms with E-state index in [9.17, 15) is 4.39 Å². The van der Waals surface area contributed by atoms with Crippen molar-refractivity contribution < 1.29 is 9.13 Å². The fraction of sp³-hybridized carbons (Fsp3) is 0.588. The van der Waals surface area contributed by atoms with E-state index in [0.717, 1.165) is 30.6 Å². The molecule has 1 saturated carbocycles. The lowest BCUT2D eigenvalue weighted by molar-refractivity contribution is 0.131. The lowest BCUT2D eigenvalue weighted by Gasteiger charge is -2.22. The summed E-state index contributed by atoms with van der Waals surface area (Å²) < 4.78 is 18.5. The SMILES string of the molecule is CCNC(=NCCOCC1CC1)N(C)Cc1ccc(F)cc1.I. The molecule has 1 fully saturated rings. The fourth-order valence-electron chi connectivity index (χ4n) is 2.16. The van der Waals surface area contributed by atoms with Crippen molar-refractivity contribution in [2.45, 2.75) is 26.3 Å². The van der Waals surface area contributed by atoms with Gasteiger partial charge in [0.25, 0.3) is 0 Å². The number of hydrogen-bond donors (Lipinski definition) is 1. The van der Waals surface area contributed by atoms with Crippen LogP contribution in [0.1, 0.15) is 25.3 Å². The van der Waals surface area contributed by atoms with Gasteiger partial charge >= 0.3 is 0 Å². The Bertz CT molecular complexity index is 477. The molecule has 1 aliphatic carbocycles. The number of rotatable bonds is 8. The second-order valence-electron chi connectivity index (χ2n) is 5.74. The summed E-state index contributed by atoms with van der Waals surface area (Å²) in [6.45, 7) is 5.74. The number of aliphatic imine (C=N–C) groups is 1. The first-order chi connectivity index (χ1) is 10.7. The number of guanidine groups is 1. The summed E-state index contributed by atoms with van der Waals surface area (Å²) in [6, 6.07) is 6.57. The molecular weight excluding hydrogens is 408 g/mol. The zero-order valence-electron chi connectivity index (χ0n) is 13.9. The molecule has 0 atom stereocenters. The van der Waals surface area contributed by atoms with E-state index >= 15 is 0 Å². The Labute approximate surface area is 155 Å². The van der Waals surface area contributed by atoms with E-state index in [1.165, 1.54) is 25.0 Å². The molecule has 1 aliphatic rings. The normalized spacial score (nSPS) is 14.3. The van der Waals surface area contributed by atoms with Crippen LogP contribution in [-0.4, -0.2) is 44.2 Å². The molecule has 0 aliphatic heterocycles. The predicted molar refractivity (Wildman–Crippen MR) is 103 cm³/mol. The Morgan fingerprint density at radius 3 is 2.65 bits per heavy atom. The molecule has 1 aromatic rings. The predicted octanol–water partition coefficient (Wildman–Crippen LogP) is 3.27. The minimum absolute atomic E-state index is 0. The molecule has 0 spiro atoms. The Hall–Kier alpha value is -0.890. The molecule has 0 unspecified atom stereocenters. The molecule has 130 valence electrons. The number of halogens is 2. The van der Waals surface area contributed by atoms with Gasteiger partial charge in [0.1, 0.15) is 5.82 Å². The first kappa shape index (κ1) is 20.2. The monoisotopic (exact) mass is 435 g/mol. The third-order valence-electron chi connectivity index (χ3n) is 3.58. The van der Waals surface area contributed by atoms with Crippen LogP contribution < -0.4 is 5.32 Å². The third kappa shape index (κ3) is 7.97. The van der Waals surface area contributed by atoms with Crippen molar-refractivity contribution >= 4 is 29.9 Å². The minimum Gasteiger partial charge on any atom is -0.379 e. The van der Waals surface area contributed by atoms with E-state index in [2.05, 4.69) is 10.3 Å². The van der Waals surface area contributed by atoms with Crippen LogP contribution in [0.3, 0.4) is 0 Å². The Balaban J connectivity index is 0.00000264. The van der Waals surface area contributed by atoms with Gasteiger partial charge in [0.2, 0.25) is 0 Å². The van der Waals surface area contributed by atoms with Crippen LogP contribution in [0, 0.1) is 11.7 Å². The van der Waals surface area contributed by atoms with Crippen molar-refractivity contribution in [3.8, 4) is 0 Å². The van der Waals surface area contributed by atoms with Crippen molar-refractivity contribution in [3.63, 3.8) is 0 Å². The van der Waals surface area contributed by atoms with E-state index < -0.39 is 0 Å². The molecule has 2 rings (SSSR count). The second kappa shape index (κ2) is 10.8. The van der Waals surface area contributed by atoms with Gasteiger partial charge in [-0.15, -0.1) is 24.0 Å². The van der Waals surface area contributed by atoms with Crippen molar-refractivity contribution in [2.24, 2.45) is 10.9 Å². The zero-order chi connectivity index (χ0) is 15.8. The first-order valence-corrected chi connectivity index (χ1v) is 8.00. The maximum Gasteiger partial charge on any atom is 0.194 e. The summed E-state index contributed by atoms with van der Waals surface area (Å²) >= 11 is 0. The minimum atomic E-state index is -0.209. The lowest BCUT2D eigenvalue weighted by Crippen LogP contribution is -2.38. The van der Waals surface area contributed by atoms with Crippen molar-refractivity contribution in [1.82, 2.24) is 10.2 Å². The molecule has 1 N–H and O–H groups in total. The van der Waals surface area contributed by atoms with Gasteiger partial charge in [-0.25, -0.2) is 4.39 Å². The molecule has 0 amide bonds. The van der Waals surface area contributed by atoms with Crippen LogP contribution in [0.2, 0.25) is 0 Å². The van der Waals surface area contributed by atoms with E-state index in [0.29, 0.717) is 19.7 Å². The molecule has 1 aromatic carbocycles. The van der Waals surface area contributed by atoms with Gasteiger partial charge in [0, 0.05) is 26.7 Å². The number of nitrogens with zero attached hydrogens (tertiary/aromatic N) is 2. The van der Waals surface area contributed by atoms with E-state index in [1.807, 2.05) is 18.9 Å². The summed E-state index contributed by atoms with van der Waals surface area (Å²) in [5.41, 5.74) is 1.06. The maximum absolute atomic E-state index is 12.9.